The number of anilines is 1. The molecule has 20 heavy (non-hydrogen) atoms. The first kappa shape index (κ1) is 13.9. The summed E-state index contributed by atoms with van der Waals surface area (Å²) < 4.78 is 1.85. The van der Waals surface area contributed by atoms with E-state index in [9.17, 15) is 4.79 Å². The van der Waals surface area contributed by atoms with Crippen LogP contribution in [0.2, 0.25) is 0 Å². The third-order valence-corrected chi connectivity index (χ3v) is 3.21. The zero-order valence-corrected chi connectivity index (χ0v) is 11.8. The van der Waals surface area contributed by atoms with Gasteiger partial charge in [0, 0.05) is 24.3 Å². The SMILES string of the molecule is CC(C)C(=O)Nc1ccc(-c2ccc(C#N)n2C)cc1. The number of aromatic nitrogens is 1. The zero-order valence-electron chi connectivity index (χ0n) is 11.8. The smallest absolute Gasteiger partial charge is 0.226 e. The first-order valence-corrected chi connectivity index (χ1v) is 6.50. The van der Waals surface area contributed by atoms with Crippen molar-refractivity contribution in [2.24, 2.45) is 13.0 Å². The third kappa shape index (κ3) is 2.72. The van der Waals surface area contributed by atoms with Crippen molar-refractivity contribution in [3.63, 3.8) is 0 Å². The van der Waals surface area contributed by atoms with Gasteiger partial charge in [-0.05, 0) is 29.8 Å². The number of carbonyl (C=O) groups is 1. The fourth-order valence-corrected chi connectivity index (χ4v) is 1.92. The molecule has 4 nitrogen and oxygen atoms in total. The summed E-state index contributed by atoms with van der Waals surface area (Å²) in [6, 6.07) is 13.5. The highest BCUT2D eigenvalue weighted by atomic mass is 16.1. The van der Waals surface area contributed by atoms with Crippen molar-refractivity contribution in [3.05, 3.63) is 42.1 Å². The Bertz CT molecular complexity index is 660. The van der Waals surface area contributed by atoms with E-state index >= 15 is 0 Å². The maximum Gasteiger partial charge on any atom is 0.226 e. The molecule has 2 aromatic rings. The molecule has 102 valence electrons. The van der Waals surface area contributed by atoms with Gasteiger partial charge in [0.1, 0.15) is 11.8 Å². The van der Waals surface area contributed by atoms with Crippen LogP contribution in [0.4, 0.5) is 5.69 Å². The maximum atomic E-state index is 11.6. The van der Waals surface area contributed by atoms with Crippen LogP contribution in [0.1, 0.15) is 19.5 Å². The van der Waals surface area contributed by atoms with Crippen molar-refractivity contribution >= 4 is 11.6 Å². The van der Waals surface area contributed by atoms with Crippen LogP contribution >= 0.6 is 0 Å². The van der Waals surface area contributed by atoms with Crippen LogP contribution < -0.4 is 5.32 Å². The zero-order chi connectivity index (χ0) is 14.7. The second-order valence-corrected chi connectivity index (χ2v) is 5.00. The van der Waals surface area contributed by atoms with Gasteiger partial charge < -0.3 is 9.88 Å². The van der Waals surface area contributed by atoms with Gasteiger partial charge in [0.25, 0.3) is 0 Å². The summed E-state index contributed by atoms with van der Waals surface area (Å²) in [5.74, 6) is -0.0379. The second-order valence-electron chi connectivity index (χ2n) is 5.00. The van der Waals surface area contributed by atoms with Crippen molar-refractivity contribution in [2.75, 3.05) is 5.32 Å². The lowest BCUT2D eigenvalue weighted by Crippen LogP contribution is -2.17. The van der Waals surface area contributed by atoms with Gasteiger partial charge in [-0.2, -0.15) is 5.26 Å². The van der Waals surface area contributed by atoms with Crippen molar-refractivity contribution in [2.45, 2.75) is 13.8 Å². The van der Waals surface area contributed by atoms with E-state index < -0.39 is 0 Å². The number of nitrogens with zero attached hydrogens (tertiary/aromatic N) is 2. The summed E-state index contributed by atoms with van der Waals surface area (Å²) >= 11 is 0. The fourth-order valence-electron chi connectivity index (χ4n) is 1.92. The molecule has 0 atom stereocenters. The van der Waals surface area contributed by atoms with E-state index in [0.29, 0.717) is 5.69 Å². The molecule has 0 aliphatic rings. The quantitative estimate of drug-likeness (QED) is 0.928. The van der Waals surface area contributed by atoms with Gasteiger partial charge in [0.05, 0.1) is 0 Å². The minimum Gasteiger partial charge on any atom is -0.335 e. The normalized spacial score (nSPS) is 10.3. The van der Waals surface area contributed by atoms with E-state index in [4.69, 9.17) is 5.26 Å². The first-order chi connectivity index (χ1) is 9.52. The predicted octanol–water partition coefficient (Wildman–Crippen LogP) is 3.16. The predicted molar refractivity (Wildman–Crippen MR) is 79.0 cm³/mol. The lowest BCUT2D eigenvalue weighted by atomic mass is 10.1. The van der Waals surface area contributed by atoms with E-state index in [-0.39, 0.29) is 11.8 Å². The molecule has 1 aromatic carbocycles. The average molecular weight is 267 g/mol. The molecule has 1 heterocycles. The van der Waals surface area contributed by atoms with Gasteiger partial charge in [-0.1, -0.05) is 26.0 Å². The summed E-state index contributed by atoms with van der Waals surface area (Å²) in [6.45, 7) is 3.72. The largest absolute Gasteiger partial charge is 0.335 e. The lowest BCUT2D eigenvalue weighted by molar-refractivity contribution is -0.118. The number of nitriles is 1. The molecule has 0 aliphatic carbocycles. The lowest BCUT2D eigenvalue weighted by Gasteiger charge is -2.09. The van der Waals surface area contributed by atoms with Crippen LogP contribution in [-0.4, -0.2) is 10.5 Å². The number of amides is 1. The van der Waals surface area contributed by atoms with E-state index in [1.807, 2.05) is 55.8 Å². The summed E-state index contributed by atoms with van der Waals surface area (Å²) in [6.07, 6.45) is 0. The fraction of sp³-hybridized carbons (Fsp3) is 0.250. The molecule has 0 aliphatic heterocycles. The number of hydrogen-bond acceptors (Lipinski definition) is 2. The molecular formula is C16H17N3O. The van der Waals surface area contributed by atoms with Crippen LogP contribution in [-0.2, 0) is 11.8 Å². The van der Waals surface area contributed by atoms with E-state index in [2.05, 4.69) is 11.4 Å². The van der Waals surface area contributed by atoms with Gasteiger partial charge in [-0.15, -0.1) is 0 Å². The molecule has 0 spiro atoms. The Balaban J connectivity index is 2.22. The molecule has 4 heteroatoms. The Labute approximate surface area is 118 Å². The van der Waals surface area contributed by atoms with Gasteiger partial charge >= 0.3 is 0 Å². The summed E-state index contributed by atoms with van der Waals surface area (Å²) in [5.41, 5.74) is 3.39. The molecule has 0 bridgehead atoms. The third-order valence-electron chi connectivity index (χ3n) is 3.21. The van der Waals surface area contributed by atoms with Gasteiger partial charge in [-0.25, -0.2) is 0 Å². The summed E-state index contributed by atoms with van der Waals surface area (Å²) in [4.78, 5) is 11.6. The Hall–Kier alpha value is -2.54. The molecule has 1 amide bonds. The van der Waals surface area contributed by atoms with Gasteiger partial charge in [0.15, 0.2) is 0 Å². The molecule has 0 saturated heterocycles. The second kappa shape index (κ2) is 5.62. The van der Waals surface area contributed by atoms with Crippen molar-refractivity contribution in [3.8, 4) is 17.3 Å². The maximum absolute atomic E-state index is 11.6. The number of hydrogen-bond donors (Lipinski definition) is 1. The highest BCUT2D eigenvalue weighted by Gasteiger charge is 2.09. The number of benzene rings is 1. The van der Waals surface area contributed by atoms with E-state index in [1.165, 1.54) is 0 Å². The average Bonchev–Trinajstić information content (AvgIpc) is 2.80. The standard InChI is InChI=1S/C16H17N3O/c1-11(2)16(20)18-13-6-4-12(5-7-13)15-9-8-14(10-17)19(15)3/h4-9,11H,1-3H3,(H,18,20). The molecule has 0 unspecified atom stereocenters. The van der Waals surface area contributed by atoms with Crippen LogP contribution in [0.25, 0.3) is 11.3 Å². The summed E-state index contributed by atoms with van der Waals surface area (Å²) in [5, 5.41) is 11.8. The molecule has 0 saturated carbocycles. The summed E-state index contributed by atoms with van der Waals surface area (Å²) in [7, 11) is 1.86. The molecule has 0 fully saturated rings. The minimum atomic E-state index is -0.0410. The number of nitrogens with one attached hydrogen (secondary N) is 1. The van der Waals surface area contributed by atoms with Crippen molar-refractivity contribution < 1.29 is 4.79 Å². The molecule has 2 rings (SSSR count). The van der Waals surface area contributed by atoms with E-state index in [1.54, 1.807) is 6.07 Å². The van der Waals surface area contributed by atoms with Crippen LogP contribution in [0, 0.1) is 17.2 Å². The highest BCUT2D eigenvalue weighted by Crippen LogP contribution is 2.23. The van der Waals surface area contributed by atoms with Crippen LogP contribution in [0.5, 0.6) is 0 Å². The molecule has 1 aromatic heterocycles. The monoisotopic (exact) mass is 267 g/mol. The number of rotatable bonds is 3. The van der Waals surface area contributed by atoms with Gasteiger partial charge in [-0.3, -0.25) is 4.79 Å². The number of carbonyl (C=O) groups excluding carboxylic acids is 1. The molecule has 0 radical (unpaired) electrons. The Kier molecular flexibility index (Phi) is 3.90. The van der Waals surface area contributed by atoms with Crippen LogP contribution in [0.15, 0.2) is 36.4 Å². The first-order valence-electron chi connectivity index (χ1n) is 6.50. The van der Waals surface area contributed by atoms with Crippen molar-refractivity contribution in [1.29, 1.82) is 5.26 Å². The Morgan fingerprint density at radius 3 is 2.35 bits per heavy atom. The molecular weight excluding hydrogens is 250 g/mol. The van der Waals surface area contributed by atoms with Crippen LogP contribution in [0.3, 0.4) is 0 Å². The topological polar surface area (TPSA) is 57.8 Å². The highest BCUT2D eigenvalue weighted by molar-refractivity contribution is 5.92. The molecule has 1 N–H and O–H groups in total. The Morgan fingerprint density at radius 1 is 1.20 bits per heavy atom. The van der Waals surface area contributed by atoms with Crippen molar-refractivity contribution in [1.82, 2.24) is 4.57 Å². The van der Waals surface area contributed by atoms with Gasteiger partial charge in [0.2, 0.25) is 5.91 Å². The Morgan fingerprint density at radius 2 is 1.85 bits per heavy atom. The van der Waals surface area contributed by atoms with E-state index in [0.717, 1.165) is 16.9 Å². The minimum absolute atomic E-state index is 0.00313.